The third-order valence-corrected chi connectivity index (χ3v) is 4.65. The Bertz CT molecular complexity index is 786. The molecule has 0 saturated carbocycles. The molecule has 0 radical (unpaired) electrons. The van der Waals surface area contributed by atoms with E-state index < -0.39 is 5.97 Å². The molecule has 0 bridgehead atoms. The van der Waals surface area contributed by atoms with Gasteiger partial charge in [0.2, 0.25) is 5.76 Å². The molecule has 0 aromatic carbocycles. The van der Waals surface area contributed by atoms with Crippen LogP contribution in [-0.4, -0.2) is 48.3 Å². The smallest absolute Gasteiger partial charge is 0.374 e. The number of hydrogen-bond donors (Lipinski definition) is 0. The number of fused-ring (bicyclic) bond motifs is 3. The zero-order valence-electron chi connectivity index (χ0n) is 14.5. The van der Waals surface area contributed by atoms with Gasteiger partial charge in [-0.25, -0.2) is 4.79 Å². The van der Waals surface area contributed by atoms with Gasteiger partial charge in [-0.15, -0.1) is 0 Å². The molecule has 2 aromatic rings. The first-order valence-electron chi connectivity index (χ1n) is 8.72. The Morgan fingerprint density at radius 1 is 1.40 bits per heavy atom. The number of ether oxygens (including phenoxy) is 3. The van der Waals surface area contributed by atoms with Crippen LogP contribution in [0.2, 0.25) is 0 Å². The normalized spacial score (nSPS) is 19.4. The second-order valence-electron chi connectivity index (χ2n) is 6.37. The average molecular weight is 346 g/mol. The molecule has 2 aliphatic rings. The predicted molar refractivity (Wildman–Crippen MR) is 88.6 cm³/mol. The molecule has 0 amide bonds. The number of aromatic nitrogens is 2. The van der Waals surface area contributed by atoms with E-state index in [4.69, 9.17) is 23.7 Å². The first kappa shape index (κ1) is 16.4. The van der Waals surface area contributed by atoms with Crippen molar-refractivity contribution in [1.29, 1.82) is 0 Å². The molecule has 3 heterocycles. The minimum Gasteiger partial charge on any atom is -0.460 e. The summed E-state index contributed by atoms with van der Waals surface area (Å²) in [5, 5.41) is 4.73. The van der Waals surface area contributed by atoms with E-state index >= 15 is 0 Å². The lowest BCUT2D eigenvalue weighted by molar-refractivity contribution is -0.0946. The number of carbonyl (C=O) groups excluding carboxylic acids is 1. The van der Waals surface area contributed by atoms with Gasteiger partial charge in [0.05, 0.1) is 38.7 Å². The number of aryl methyl sites for hydroxylation is 2. The van der Waals surface area contributed by atoms with Gasteiger partial charge in [0.1, 0.15) is 11.9 Å². The second-order valence-corrected chi connectivity index (χ2v) is 6.37. The summed E-state index contributed by atoms with van der Waals surface area (Å²) < 4.78 is 24.0. The monoisotopic (exact) mass is 346 g/mol. The topological polar surface area (TPSA) is 75.7 Å². The molecule has 1 aliphatic carbocycles. The molecule has 134 valence electrons. The fraction of sp³-hybridized carbons (Fsp3) is 0.556. The van der Waals surface area contributed by atoms with Crippen LogP contribution in [0.1, 0.15) is 34.4 Å². The van der Waals surface area contributed by atoms with Gasteiger partial charge >= 0.3 is 5.97 Å². The predicted octanol–water partition coefficient (Wildman–Crippen LogP) is 2.14. The Labute approximate surface area is 145 Å². The second kappa shape index (κ2) is 6.65. The third kappa shape index (κ3) is 2.98. The highest BCUT2D eigenvalue weighted by atomic mass is 16.6. The van der Waals surface area contributed by atoms with Crippen molar-refractivity contribution in [3.05, 3.63) is 28.8 Å². The minimum absolute atomic E-state index is 0.0233. The summed E-state index contributed by atoms with van der Waals surface area (Å²) in [7, 11) is 0. The van der Waals surface area contributed by atoms with Crippen LogP contribution < -0.4 is 0 Å². The van der Waals surface area contributed by atoms with Crippen LogP contribution in [0.3, 0.4) is 0 Å². The largest absolute Gasteiger partial charge is 0.460 e. The Morgan fingerprint density at radius 2 is 2.28 bits per heavy atom. The Balaban J connectivity index is 1.63. The van der Waals surface area contributed by atoms with Crippen LogP contribution in [0.5, 0.6) is 0 Å². The number of carbonyl (C=O) groups is 1. The first-order chi connectivity index (χ1) is 12.2. The van der Waals surface area contributed by atoms with Gasteiger partial charge in [-0.2, -0.15) is 5.10 Å². The highest BCUT2D eigenvalue weighted by molar-refractivity contribution is 5.91. The highest BCUT2D eigenvalue weighted by Crippen LogP contribution is 2.38. The number of rotatable bonds is 4. The van der Waals surface area contributed by atoms with Crippen LogP contribution in [0.15, 0.2) is 10.6 Å². The maximum atomic E-state index is 12.1. The summed E-state index contributed by atoms with van der Waals surface area (Å²) in [5.74, 6) is 0.692. The van der Waals surface area contributed by atoms with Crippen molar-refractivity contribution in [2.45, 2.75) is 39.3 Å². The van der Waals surface area contributed by atoms with E-state index in [9.17, 15) is 4.79 Å². The fourth-order valence-corrected chi connectivity index (χ4v) is 3.50. The summed E-state index contributed by atoms with van der Waals surface area (Å²) in [5.41, 5.74) is 3.80. The highest BCUT2D eigenvalue weighted by Gasteiger charge is 2.30. The van der Waals surface area contributed by atoms with Crippen LogP contribution in [0.4, 0.5) is 0 Å². The molecule has 4 rings (SSSR count). The van der Waals surface area contributed by atoms with E-state index in [0.29, 0.717) is 38.7 Å². The van der Waals surface area contributed by atoms with Crippen molar-refractivity contribution in [2.24, 2.45) is 0 Å². The molecule has 25 heavy (non-hydrogen) atoms. The molecule has 1 fully saturated rings. The van der Waals surface area contributed by atoms with Gasteiger partial charge in [-0.3, -0.25) is 4.68 Å². The van der Waals surface area contributed by atoms with Gasteiger partial charge in [0.15, 0.2) is 0 Å². The summed E-state index contributed by atoms with van der Waals surface area (Å²) in [4.78, 5) is 12.1. The SMILES string of the molecule is CCOC(=O)c1oc2c(c1C)-c1nn(C[C@H]3COCCO3)cc1CC2. The molecule has 0 N–H and O–H groups in total. The molecule has 1 aliphatic heterocycles. The summed E-state index contributed by atoms with van der Waals surface area (Å²) in [6, 6.07) is 0. The molecule has 1 atom stereocenters. The minimum atomic E-state index is -0.414. The van der Waals surface area contributed by atoms with Crippen molar-refractivity contribution in [3.63, 3.8) is 0 Å². The molecule has 7 nitrogen and oxygen atoms in total. The summed E-state index contributed by atoms with van der Waals surface area (Å²) in [6.07, 6.45) is 3.69. The van der Waals surface area contributed by atoms with E-state index in [2.05, 4.69) is 6.20 Å². The molecule has 7 heteroatoms. The Kier molecular flexibility index (Phi) is 4.35. The Hall–Kier alpha value is -2.12. The van der Waals surface area contributed by atoms with Crippen LogP contribution >= 0.6 is 0 Å². The van der Waals surface area contributed by atoms with Gasteiger partial charge in [-0.1, -0.05) is 0 Å². The van der Waals surface area contributed by atoms with Gasteiger partial charge in [-0.05, 0) is 25.8 Å². The molecular weight excluding hydrogens is 324 g/mol. The number of esters is 1. The average Bonchev–Trinajstić information content (AvgIpc) is 3.16. The lowest BCUT2D eigenvalue weighted by atomic mass is 9.94. The zero-order chi connectivity index (χ0) is 17.4. The van der Waals surface area contributed by atoms with E-state index in [1.54, 1.807) is 6.92 Å². The third-order valence-electron chi connectivity index (χ3n) is 4.65. The van der Waals surface area contributed by atoms with E-state index in [0.717, 1.165) is 35.4 Å². The van der Waals surface area contributed by atoms with Crippen molar-refractivity contribution in [2.75, 3.05) is 26.4 Å². The van der Waals surface area contributed by atoms with Crippen LogP contribution in [-0.2, 0) is 33.6 Å². The molecule has 2 aromatic heterocycles. The molecular formula is C18H22N2O5. The van der Waals surface area contributed by atoms with Crippen molar-refractivity contribution >= 4 is 5.97 Å². The molecule has 1 saturated heterocycles. The van der Waals surface area contributed by atoms with Crippen molar-refractivity contribution in [3.8, 4) is 11.3 Å². The first-order valence-corrected chi connectivity index (χ1v) is 8.72. The van der Waals surface area contributed by atoms with E-state index in [1.807, 2.05) is 11.6 Å². The summed E-state index contributed by atoms with van der Waals surface area (Å²) >= 11 is 0. The van der Waals surface area contributed by atoms with E-state index in [-0.39, 0.29) is 6.10 Å². The maximum absolute atomic E-state index is 12.1. The molecule has 0 spiro atoms. The number of furan rings is 1. The van der Waals surface area contributed by atoms with Crippen LogP contribution in [0, 0.1) is 6.92 Å². The Morgan fingerprint density at radius 3 is 3.04 bits per heavy atom. The zero-order valence-corrected chi connectivity index (χ0v) is 14.5. The quantitative estimate of drug-likeness (QED) is 0.790. The van der Waals surface area contributed by atoms with Gasteiger partial charge in [0.25, 0.3) is 0 Å². The lowest BCUT2D eigenvalue weighted by Crippen LogP contribution is -2.32. The van der Waals surface area contributed by atoms with E-state index in [1.165, 1.54) is 5.56 Å². The number of nitrogens with zero attached hydrogens (tertiary/aromatic N) is 2. The van der Waals surface area contributed by atoms with Crippen molar-refractivity contribution in [1.82, 2.24) is 9.78 Å². The fourth-order valence-electron chi connectivity index (χ4n) is 3.50. The molecule has 0 unspecified atom stereocenters. The van der Waals surface area contributed by atoms with Crippen molar-refractivity contribution < 1.29 is 23.4 Å². The summed E-state index contributed by atoms with van der Waals surface area (Å²) in [6.45, 7) is 6.53. The van der Waals surface area contributed by atoms with Gasteiger partial charge in [0, 0.05) is 23.7 Å². The maximum Gasteiger partial charge on any atom is 0.374 e. The lowest BCUT2D eigenvalue weighted by Gasteiger charge is -2.22. The van der Waals surface area contributed by atoms with Crippen LogP contribution in [0.25, 0.3) is 11.3 Å². The standard InChI is InChI=1S/C18H22N2O5/c1-3-23-18(21)17-11(2)15-14(25-17)5-4-12-8-20(19-16(12)15)9-13-10-22-6-7-24-13/h8,13H,3-7,9-10H2,1-2H3/t13-/m0/s1. The number of hydrogen-bond acceptors (Lipinski definition) is 6. The van der Waals surface area contributed by atoms with Gasteiger partial charge < -0.3 is 18.6 Å².